The fourth-order valence-corrected chi connectivity index (χ4v) is 6.70. The summed E-state index contributed by atoms with van der Waals surface area (Å²) < 4.78 is 0. The van der Waals surface area contributed by atoms with Crippen LogP contribution >= 0.6 is 0 Å². The molecule has 0 bridgehead atoms. The van der Waals surface area contributed by atoms with Gasteiger partial charge < -0.3 is 15.3 Å². The summed E-state index contributed by atoms with van der Waals surface area (Å²) in [5, 5.41) is 31.2. The van der Waals surface area contributed by atoms with Gasteiger partial charge in [0.1, 0.15) is 5.60 Å². The van der Waals surface area contributed by atoms with Crippen molar-refractivity contribution in [1.29, 1.82) is 0 Å². The Morgan fingerprint density at radius 3 is 2.65 bits per heavy atom. The molecule has 0 aliphatic heterocycles. The van der Waals surface area contributed by atoms with Crippen LogP contribution in [0.5, 0.6) is 0 Å². The topological polar surface area (TPSA) is 77.8 Å². The smallest absolute Gasteiger partial charge is 0.334 e. The summed E-state index contributed by atoms with van der Waals surface area (Å²) in [7, 11) is 0. The SMILES string of the molecule is CCCCCCCC[C@@H]1[C@H]2C=C[C@@]3(O)C(C(=O)O)=C[C@@H](O)[C@H]4C[C@@H]1[C@@H]2[C@H]43. The molecule has 0 aromatic heterocycles. The highest BCUT2D eigenvalue weighted by Gasteiger charge is 2.68. The zero-order valence-corrected chi connectivity index (χ0v) is 15.7. The van der Waals surface area contributed by atoms with Crippen LogP contribution in [0.1, 0.15) is 58.3 Å². The van der Waals surface area contributed by atoms with Crippen LogP contribution < -0.4 is 0 Å². The van der Waals surface area contributed by atoms with Crippen molar-refractivity contribution in [2.45, 2.75) is 70.0 Å². The molecule has 4 nitrogen and oxygen atoms in total. The number of carbonyl (C=O) groups is 1. The van der Waals surface area contributed by atoms with Gasteiger partial charge in [-0.05, 0) is 48.5 Å². The van der Waals surface area contributed by atoms with E-state index in [4.69, 9.17) is 0 Å². The molecule has 0 heterocycles. The highest BCUT2D eigenvalue weighted by Crippen LogP contribution is 2.68. The zero-order chi connectivity index (χ0) is 18.5. The second-order valence-electron chi connectivity index (χ2n) is 9.02. The first-order chi connectivity index (χ1) is 12.5. The molecule has 4 rings (SSSR count). The summed E-state index contributed by atoms with van der Waals surface area (Å²) in [6.07, 6.45) is 14.5. The molecule has 0 aromatic carbocycles. The second kappa shape index (κ2) is 6.79. The Morgan fingerprint density at radius 1 is 1.19 bits per heavy atom. The van der Waals surface area contributed by atoms with Crippen LogP contribution in [0.3, 0.4) is 0 Å². The lowest BCUT2D eigenvalue weighted by Gasteiger charge is -2.56. The maximum absolute atomic E-state index is 11.6. The summed E-state index contributed by atoms with van der Waals surface area (Å²) in [6.45, 7) is 2.24. The fraction of sp³-hybridized carbons (Fsp3) is 0.773. The van der Waals surface area contributed by atoms with Crippen LogP contribution in [-0.4, -0.2) is 33.0 Å². The first kappa shape index (κ1) is 18.2. The third-order valence-electron chi connectivity index (χ3n) is 7.81. The molecule has 8 atom stereocenters. The molecule has 0 saturated heterocycles. The van der Waals surface area contributed by atoms with Gasteiger partial charge in [-0.3, -0.25) is 0 Å². The number of hydrogen-bond acceptors (Lipinski definition) is 3. The Morgan fingerprint density at radius 2 is 1.92 bits per heavy atom. The van der Waals surface area contributed by atoms with Crippen molar-refractivity contribution in [3.05, 3.63) is 23.8 Å². The van der Waals surface area contributed by atoms with E-state index in [1.54, 1.807) is 6.08 Å². The van der Waals surface area contributed by atoms with Crippen molar-refractivity contribution >= 4 is 5.97 Å². The quantitative estimate of drug-likeness (QED) is 0.457. The van der Waals surface area contributed by atoms with Crippen molar-refractivity contribution in [3.8, 4) is 0 Å². The molecular formula is C22H32O4. The molecule has 0 spiro atoms. The van der Waals surface area contributed by atoms with Gasteiger partial charge in [-0.1, -0.05) is 57.6 Å². The molecule has 0 aromatic rings. The molecule has 2 saturated carbocycles. The van der Waals surface area contributed by atoms with Crippen LogP contribution in [0.15, 0.2) is 23.8 Å². The first-order valence-electron chi connectivity index (χ1n) is 10.5. The van der Waals surface area contributed by atoms with Crippen LogP contribution in [-0.2, 0) is 4.79 Å². The largest absolute Gasteiger partial charge is 0.478 e. The fourth-order valence-electron chi connectivity index (χ4n) is 6.70. The number of aliphatic hydroxyl groups excluding tert-OH is 1. The minimum absolute atomic E-state index is 0.0000965. The molecule has 3 N–H and O–H groups in total. The lowest BCUT2D eigenvalue weighted by atomic mass is 9.49. The van der Waals surface area contributed by atoms with Gasteiger partial charge in [0.05, 0.1) is 11.7 Å². The van der Waals surface area contributed by atoms with Crippen molar-refractivity contribution in [1.82, 2.24) is 0 Å². The molecule has 2 fully saturated rings. The molecule has 0 unspecified atom stereocenters. The van der Waals surface area contributed by atoms with E-state index in [1.807, 2.05) is 0 Å². The van der Waals surface area contributed by atoms with E-state index in [9.17, 15) is 20.1 Å². The predicted octanol–water partition coefficient (Wildman–Crippen LogP) is 3.54. The standard InChI is InChI=1S/C22H32O4/c1-2-3-4-5-6-7-8-13-14-9-10-22(26)17(21(24)25)12-18(23)16-11-15(13)19(14)20(16)22/h9-10,12-16,18-20,23,26H,2-8,11H2,1H3,(H,24,25)/t13-,14-,15+,16-,18-,19-,20+,22-/m1/s1. The van der Waals surface area contributed by atoms with Gasteiger partial charge in [0.15, 0.2) is 0 Å². The molecule has 4 heteroatoms. The van der Waals surface area contributed by atoms with Gasteiger partial charge in [-0.25, -0.2) is 4.79 Å². The summed E-state index contributed by atoms with van der Waals surface area (Å²) in [6, 6.07) is 0. The zero-order valence-electron chi connectivity index (χ0n) is 15.7. The maximum atomic E-state index is 11.6. The van der Waals surface area contributed by atoms with Crippen molar-refractivity contribution in [3.63, 3.8) is 0 Å². The van der Waals surface area contributed by atoms with Crippen LogP contribution in [0, 0.1) is 35.5 Å². The van der Waals surface area contributed by atoms with Crippen LogP contribution in [0.25, 0.3) is 0 Å². The van der Waals surface area contributed by atoms with Crippen LogP contribution in [0.2, 0.25) is 0 Å². The van der Waals surface area contributed by atoms with E-state index < -0.39 is 17.7 Å². The lowest BCUT2D eigenvalue weighted by Crippen LogP contribution is -2.58. The van der Waals surface area contributed by atoms with E-state index >= 15 is 0 Å². The third-order valence-corrected chi connectivity index (χ3v) is 7.81. The number of unbranched alkanes of at least 4 members (excludes halogenated alkanes) is 5. The summed E-state index contributed by atoms with van der Waals surface area (Å²) in [5.41, 5.74) is -1.42. The van der Waals surface area contributed by atoms with E-state index in [0.29, 0.717) is 23.7 Å². The summed E-state index contributed by atoms with van der Waals surface area (Å²) in [5.74, 6) is 0.759. The lowest BCUT2D eigenvalue weighted by molar-refractivity contribution is -0.139. The monoisotopic (exact) mass is 360 g/mol. The number of carboxylic acid groups (broad SMARTS) is 1. The van der Waals surface area contributed by atoms with Crippen LogP contribution in [0.4, 0.5) is 0 Å². The number of aliphatic hydroxyl groups is 2. The molecule has 26 heavy (non-hydrogen) atoms. The van der Waals surface area contributed by atoms with Gasteiger partial charge in [0.25, 0.3) is 0 Å². The average Bonchev–Trinajstić information content (AvgIpc) is 2.96. The highest BCUT2D eigenvalue weighted by molar-refractivity contribution is 5.90. The Hall–Kier alpha value is -1.13. The van der Waals surface area contributed by atoms with Crippen molar-refractivity contribution in [2.24, 2.45) is 35.5 Å². The van der Waals surface area contributed by atoms with E-state index in [-0.39, 0.29) is 17.4 Å². The minimum Gasteiger partial charge on any atom is -0.478 e. The van der Waals surface area contributed by atoms with E-state index in [0.717, 1.165) is 6.42 Å². The van der Waals surface area contributed by atoms with Crippen molar-refractivity contribution in [2.75, 3.05) is 0 Å². The molecule has 4 aliphatic rings. The minimum atomic E-state index is -1.39. The molecule has 144 valence electrons. The summed E-state index contributed by atoms with van der Waals surface area (Å²) in [4.78, 5) is 11.6. The Bertz CT molecular complexity index is 624. The van der Waals surface area contributed by atoms with Gasteiger partial charge in [0, 0.05) is 5.92 Å². The Labute approximate surface area is 156 Å². The van der Waals surface area contributed by atoms with Gasteiger partial charge in [-0.2, -0.15) is 0 Å². The molecule has 0 radical (unpaired) electrons. The Kier molecular flexibility index (Phi) is 4.77. The van der Waals surface area contributed by atoms with E-state index in [2.05, 4.69) is 13.0 Å². The normalized spacial score (nSPS) is 45.0. The molecule has 4 aliphatic carbocycles. The number of hydrogen-bond donors (Lipinski definition) is 3. The highest BCUT2D eigenvalue weighted by atomic mass is 16.4. The number of rotatable bonds is 8. The average molecular weight is 360 g/mol. The maximum Gasteiger partial charge on any atom is 0.334 e. The van der Waals surface area contributed by atoms with Gasteiger partial charge in [0.2, 0.25) is 0 Å². The van der Waals surface area contributed by atoms with Gasteiger partial charge >= 0.3 is 5.97 Å². The molecular weight excluding hydrogens is 328 g/mol. The third kappa shape index (κ3) is 2.60. The second-order valence-corrected chi connectivity index (χ2v) is 9.02. The number of allylic oxidation sites excluding steroid dienone is 1. The number of aliphatic carboxylic acids is 1. The van der Waals surface area contributed by atoms with Crippen molar-refractivity contribution < 1.29 is 20.1 Å². The molecule has 0 amide bonds. The van der Waals surface area contributed by atoms with E-state index in [1.165, 1.54) is 51.0 Å². The predicted molar refractivity (Wildman–Crippen MR) is 99.4 cm³/mol. The first-order valence-corrected chi connectivity index (χ1v) is 10.5. The Balaban J connectivity index is 1.46. The number of carboxylic acids is 1. The van der Waals surface area contributed by atoms with Gasteiger partial charge in [-0.15, -0.1) is 0 Å². The summed E-state index contributed by atoms with van der Waals surface area (Å²) >= 11 is 0.